The molecule has 0 unspecified atom stereocenters. The smallest absolute Gasteiger partial charge is 0.338 e. The minimum atomic E-state index is -1.13. The number of rotatable bonds is 9. The second kappa shape index (κ2) is 12.0. The zero-order chi connectivity index (χ0) is 28.0. The van der Waals surface area contributed by atoms with Crippen molar-refractivity contribution in [1.29, 1.82) is 0 Å². The summed E-state index contributed by atoms with van der Waals surface area (Å²) in [6.45, 7) is 1.84. The van der Waals surface area contributed by atoms with Gasteiger partial charge in [0.25, 0.3) is 5.69 Å². The predicted molar refractivity (Wildman–Crippen MR) is 142 cm³/mol. The van der Waals surface area contributed by atoms with E-state index in [0.717, 1.165) is 15.6 Å². The molecular weight excluding hydrogens is 572 g/mol. The molecule has 0 N–H and O–H groups in total. The van der Waals surface area contributed by atoms with Gasteiger partial charge in [0, 0.05) is 41.4 Å². The molecule has 39 heavy (non-hydrogen) atoms. The molecule has 1 fully saturated rings. The van der Waals surface area contributed by atoms with Gasteiger partial charge in [-0.3, -0.25) is 14.9 Å². The van der Waals surface area contributed by atoms with Crippen LogP contribution in [0.3, 0.4) is 0 Å². The quantitative estimate of drug-likeness (QED) is 0.0768. The molecule has 0 bridgehead atoms. The first-order valence-corrected chi connectivity index (χ1v) is 12.8. The normalized spacial score (nSPS) is 20.1. The van der Waals surface area contributed by atoms with Crippen molar-refractivity contribution < 1.29 is 24.0 Å². The van der Waals surface area contributed by atoms with Gasteiger partial charge in [0.1, 0.15) is 6.10 Å². The second-order valence-electron chi connectivity index (χ2n) is 9.03. The van der Waals surface area contributed by atoms with Gasteiger partial charge in [-0.15, -0.1) is 0 Å². The van der Waals surface area contributed by atoms with E-state index in [0.29, 0.717) is 5.82 Å². The molecule has 13 heteroatoms. The highest BCUT2D eigenvalue weighted by Crippen LogP contribution is 2.45. The fourth-order valence-electron chi connectivity index (χ4n) is 4.70. The number of carbonyl (C=O) groups excluding carboxylic acids is 2. The van der Waals surface area contributed by atoms with Gasteiger partial charge in [-0.05, 0) is 65.0 Å². The maximum absolute atomic E-state index is 13.3. The Morgan fingerprint density at radius 2 is 1.92 bits per heavy atom. The SMILES string of the molecule is CCOC(=O)[C@@]1(Cc2cccc(-c3ncc(Br)cn3)c2)C[C@H](OC(=O)c2ccc([N+](=O)[O-])cc2)[C@H](N=[N+]=[N-])C1. The van der Waals surface area contributed by atoms with Crippen molar-refractivity contribution in [2.45, 2.75) is 38.3 Å². The van der Waals surface area contributed by atoms with Gasteiger partial charge >= 0.3 is 11.9 Å². The maximum Gasteiger partial charge on any atom is 0.338 e. The van der Waals surface area contributed by atoms with Gasteiger partial charge in [-0.25, -0.2) is 14.8 Å². The fourth-order valence-corrected chi connectivity index (χ4v) is 4.91. The number of nitro groups is 1. The summed E-state index contributed by atoms with van der Waals surface area (Å²) in [5.74, 6) is -0.720. The Labute approximate surface area is 231 Å². The summed E-state index contributed by atoms with van der Waals surface area (Å²) in [6, 6.07) is 11.6. The lowest BCUT2D eigenvalue weighted by Crippen LogP contribution is -2.34. The molecule has 2 aromatic carbocycles. The van der Waals surface area contributed by atoms with Crippen molar-refractivity contribution in [1.82, 2.24) is 9.97 Å². The van der Waals surface area contributed by atoms with Gasteiger partial charge in [-0.2, -0.15) is 0 Å². The standard InChI is InChI=1S/C26H23BrN6O6/c1-2-38-25(35)26(11-16-4-3-5-18(10-16)23-29-14-19(27)15-30-23)12-21(31-32-28)22(13-26)39-24(34)17-6-8-20(9-7-17)33(36)37/h3-10,14-15,21-22H,2,11-13H2,1H3/t21-,22+,26-/m1/s1. The fraction of sp³-hybridized carbons (Fsp3) is 0.308. The van der Waals surface area contributed by atoms with Gasteiger partial charge in [0.2, 0.25) is 0 Å². The van der Waals surface area contributed by atoms with Crippen LogP contribution < -0.4 is 0 Å². The minimum absolute atomic E-state index is 0.0628. The molecule has 200 valence electrons. The Balaban J connectivity index is 1.61. The molecule has 0 saturated heterocycles. The van der Waals surface area contributed by atoms with Crippen molar-refractivity contribution in [3.63, 3.8) is 0 Å². The van der Waals surface area contributed by atoms with Crippen LogP contribution >= 0.6 is 15.9 Å². The number of nitro benzene ring substituents is 1. The van der Waals surface area contributed by atoms with Crippen LogP contribution in [0.1, 0.15) is 35.7 Å². The predicted octanol–water partition coefficient (Wildman–Crippen LogP) is 5.60. The molecule has 0 amide bonds. The lowest BCUT2D eigenvalue weighted by Gasteiger charge is -2.27. The number of hydrogen-bond acceptors (Lipinski definition) is 9. The van der Waals surface area contributed by atoms with E-state index in [1.807, 2.05) is 24.3 Å². The third-order valence-electron chi connectivity index (χ3n) is 6.45. The molecule has 3 atom stereocenters. The van der Waals surface area contributed by atoms with Gasteiger partial charge in [0.05, 0.1) is 33.0 Å². The van der Waals surface area contributed by atoms with Gasteiger partial charge in [-0.1, -0.05) is 23.3 Å². The Morgan fingerprint density at radius 1 is 1.21 bits per heavy atom. The molecule has 12 nitrogen and oxygen atoms in total. The summed E-state index contributed by atoms with van der Waals surface area (Å²) in [5, 5.41) is 14.7. The summed E-state index contributed by atoms with van der Waals surface area (Å²) in [6.07, 6.45) is 2.77. The lowest BCUT2D eigenvalue weighted by atomic mass is 9.79. The molecule has 1 aromatic heterocycles. The van der Waals surface area contributed by atoms with Gasteiger partial charge in [0.15, 0.2) is 5.82 Å². The Morgan fingerprint density at radius 3 is 2.56 bits per heavy atom. The van der Waals surface area contributed by atoms with E-state index in [1.165, 1.54) is 24.3 Å². The maximum atomic E-state index is 13.3. The summed E-state index contributed by atoms with van der Waals surface area (Å²) in [5.41, 5.74) is 9.53. The average Bonchev–Trinajstić information content (AvgIpc) is 3.27. The molecule has 1 aliphatic rings. The lowest BCUT2D eigenvalue weighted by molar-refractivity contribution is -0.384. The molecule has 0 spiro atoms. The van der Waals surface area contributed by atoms with Crippen LogP contribution in [0.4, 0.5) is 5.69 Å². The third kappa shape index (κ3) is 6.39. The van der Waals surface area contributed by atoms with E-state index in [-0.39, 0.29) is 37.1 Å². The van der Waals surface area contributed by atoms with Crippen LogP contribution in [0.2, 0.25) is 0 Å². The average molecular weight is 595 g/mol. The molecule has 1 aliphatic carbocycles. The van der Waals surface area contributed by atoms with Crippen LogP contribution in [-0.2, 0) is 20.7 Å². The van der Waals surface area contributed by atoms with Crippen LogP contribution in [0.25, 0.3) is 21.8 Å². The molecule has 3 aromatic rings. The van der Waals surface area contributed by atoms with Crippen molar-refractivity contribution >= 4 is 33.6 Å². The van der Waals surface area contributed by atoms with E-state index in [1.54, 1.807) is 19.3 Å². The topological polar surface area (TPSA) is 170 Å². The first-order valence-electron chi connectivity index (χ1n) is 12.0. The Bertz CT molecular complexity index is 1430. The molecular formula is C26H23BrN6O6. The van der Waals surface area contributed by atoms with Crippen molar-refractivity contribution in [3.8, 4) is 11.4 Å². The summed E-state index contributed by atoms with van der Waals surface area (Å²) in [4.78, 5) is 48.1. The van der Waals surface area contributed by atoms with E-state index in [2.05, 4.69) is 35.9 Å². The van der Waals surface area contributed by atoms with Crippen molar-refractivity contribution in [2.24, 2.45) is 10.5 Å². The third-order valence-corrected chi connectivity index (χ3v) is 6.86. The number of benzene rings is 2. The van der Waals surface area contributed by atoms with Crippen LogP contribution in [0, 0.1) is 15.5 Å². The molecule has 1 heterocycles. The first-order chi connectivity index (χ1) is 18.7. The summed E-state index contributed by atoms with van der Waals surface area (Å²) in [7, 11) is 0. The zero-order valence-corrected chi connectivity index (χ0v) is 22.4. The number of hydrogen-bond donors (Lipinski definition) is 0. The van der Waals surface area contributed by atoms with Crippen LogP contribution in [-0.4, -0.2) is 45.6 Å². The number of azide groups is 1. The highest BCUT2D eigenvalue weighted by molar-refractivity contribution is 9.10. The van der Waals surface area contributed by atoms with Crippen molar-refractivity contribution in [2.75, 3.05) is 6.61 Å². The molecule has 4 rings (SSSR count). The number of carbonyl (C=O) groups is 2. The van der Waals surface area contributed by atoms with Gasteiger partial charge < -0.3 is 9.47 Å². The second-order valence-corrected chi connectivity index (χ2v) is 9.95. The van der Waals surface area contributed by atoms with Crippen LogP contribution in [0.15, 0.2) is 70.5 Å². The van der Waals surface area contributed by atoms with E-state index in [4.69, 9.17) is 9.47 Å². The molecule has 0 aliphatic heterocycles. The first kappa shape index (κ1) is 27.7. The number of aromatic nitrogens is 2. The summed E-state index contributed by atoms with van der Waals surface area (Å²) >= 11 is 3.32. The Kier molecular flexibility index (Phi) is 8.52. The summed E-state index contributed by atoms with van der Waals surface area (Å²) < 4.78 is 11.8. The zero-order valence-electron chi connectivity index (χ0n) is 20.8. The number of ether oxygens (including phenoxy) is 2. The highest BCUT2D eigenvalue weighted by Gasteiger charge is 2.52. The largest absolute Gasteiger partial charge is 0.466 e. The highest BCUT2D eigenvalue weighted by atomic mass is 79.9. The monoisotopic (exact) mass is 594 g/mol. The minimum Gasteiger partial charge on any atom is -0.466 e. The van der Waals surface area contributed by atoms with E-state index in [9.17, 15) is 25.2 Å². The molecule has 1 saturated carbocycles. The van der Waals surface area contributed by atoms with E-state index < -0.39 is 34.4 Å². The van der Waals surface area contributed by atoms with E-state index >= 15 is 0 Å². The number of nitrogens with zero attached hydrogens (tertiary/aromatic N) is 6. The Hall–Kier alpha value is -4.35. The number of esters is 2. The number of non-ortho nitro benzene ring substituents is 1. The number of halogens is 1. The molecule has 0 radical (unpaired) electrons. The van der Waals surface area contributed by atoms with Crippen LogP contribution in [0.5, 0.6) is 0 Å². The van der Waals surface area contributed by atoms with Crippen molar-refractivity contribution in [3.05, 3.63) is 97.1 Å².